The van der Waals surface area contributed by atoms with Gasteiger partial charge in [0.25, 0.3) is 5.92 Å². The minimum Gasteiger partial charge on any atom is -0.467 e. The van der Waals surface area contributed by atoms with Gasteiger partial charge in [-0.05, 0) is 6.42 Å². The Bertz CT molecular complexity index is 312. The Morgan fingerprint density at radius 2 is 2.38 bits per heavy atom. The van der Waals surface area contributed by atoms with Crippen LogP contribution in [0, 0.1) is 0 Å². The Morgan fingerprint density at radius 1 is 1.69 bits per heavy atom. The molecule has 0 aromatic carbocycles. The summed E-state index contributed by atoms with van der Waals surface area (Å²) in [6.45, 7) is 1.86. The first-order valence-electron chi connectivity index (χ1n) is 4.08. The fourth-order valence-corrected chi connectivity index (χ4v) is 1.02. The molecule has 0 saturated heterocycles. The van der Waals surface area contributed by atoms with E-state index in [0.717, 1.165) is 0 Å². The molecule has 1 heterocycles. The first kappa shape index (κ1) is 8.40. The molecule has 1 aromatic rings. The summed E-state index contributed by atoms with van der Waals surface area (Å²) in [5.41, 5.74) is 0.586. The van der Waals surface area contributed by atoms with Gasteiger partial charge in [-0.15, -0.1) is 5.10 Å². The number of hydrogen-bond donors (Lipinski definition) is 1. The maximum Gasteiger partial charge on any atom is 0.288 e. The molecular formula is C7H9F2N3O. The molecule has 2 rings (SSSR count). The van der Waals surface area contributed by atoms with Gasteiger partial charge in [0.1, 0.15) is 5.69 Å². The Labute approximate surface area is 73.3 Å². The summed E-state index contributed by atoms with van der Waals surface area (Å²) in [6, 6.07) is 0. The van der Waals surface area contributed by atoms with Crippen LogP contribution in [0.15, 0.2) is 0 Å². The van der Waals surface area contributed by atoms with Crippen molar-refractivity contribution in [2.75, 3.05) is 0 Å². The van der Waals surface area contributed by atoms with E-state index in [1.165, 1.54) is 0 Å². The molecule has 0 amide bonds. The maximum absolute atomic E-state index is 12.4. The van der Waals surface area contributed by atoms with E-state index in [-0.39, 0.29) is 12.3 Å². The third-order valence-corrected chi connectivity index (χ3v) is 1.95. The van der Waals surface area contributed by atoms with E-state index in [2.05, 4.69) is 15.4 Å². The van der Waals surface area contributed by atoms with E-state index in [9.17, 15) is 8.78 Å². The number of aryl methyl sites for hydroxylation is 1. The zero-order valence-electron chi connectivity index (χ0n) is 7.05. The fourth-order valence-electron chi connectivity index (χ4n) is 1.02. The van der Waals surface area contributed by atoms with Crippen LogP contribution in [0.4, 0.5) is 8.78 Å². The second-order valence-corrected chi connectivity index (χ2v) is 3.01. The van der Waals surface area contributed by atoms with Crippen molar-refractivity contribution in [1.82, 2.24) is 15.4 Å². The van der Waals surface area contributed by atoms with Gasteiger partial charge < -0.3 is 4.74 Å². The topological polar surface area (TPSA) is 50.8 Å². The molecule has 13 heavy (non-hydrogen) atoms. The zero-order chi connectivity index (χ0) is 9.47. The summed E-state index contributed by atoms with van der Waals surface area (Å²) in [7, 11) is 0. The van der Waals surface area contributed by atoms with Gasteiger partial charge in [0.15, 0.2) is 6.10 Å². The maximum atomic E-state index is 12.4. The number of H-pyrrole nitrogens is 1. The third kappa shape index (κ3) is 1.48. The molecule has 1 aromatic heterocycles. The normalized spacial score (nSPS) is 24.4. The Kier molecular flexibility index (Phi) is 1.71. The minimum absolute atomic E-state index is 0.213. The molecule has 1 aliphatic carbocycles. The zero-order valence-corrected chi connectivity index (χ0v) is 7.05. The molecule has 72 valence electrons. The van der Waals surface area contributed by atoms with Crippen molar-refractivity contribution in [3.05, 3.63) is 5.69 Å². The molecule has 6 heteroatoms. The molecule has 1 fully saturated rings. The molecule has 0 spiro atoms. The van der Waals surface area contributed by atoms with Gasteiger partial charge in [0.2, 0.25) is 5.88 Å². The summed E-state index contributed by atoms with van der Waals surface area (Å²) in [6.07, 6.45) is -0.598. The van der Waals surface area contributed by atoms with E-state index >= 15 is 0 Å². The number of nitrogens with zero attached hydrogens (tertiary/aromatic N) is 2. The smallest absolute Gasteiger partial charge is 0.288 e. The van der Waals surface area contributed by atoms with Crippen molar-refractivity contribution in [2.24, 2.45) is 0 Å². The average Bonchev–Trinajstić information content (AvgIpc) is 2.50. The van der Waals surface area contributed by atoms with E-state index < -0.39 is 12.0 Å². The molecule has 1 aliphatic rings. The van der Waals surface area contributed by atoms with Crippen LogP contribution in [0.25, 0.3) is 0 Å². The molecule has 0 radical (unpaired) electrons. The van der Waals surface area contributed by atoms with Crippen LogP contribution in [0.1, 0.15) is 19.0 Å². The summed E-state index contributed by atoms with van der Waals surface area (Å²) in [5, 5.41) is 9.61. The molecule has 1 unspecified atom stereocenters. The molecule has 4 nitrogen and oxygen atoms in total. The lowest BCUT2D eigenvalue weighted by Crippen LogP contribution is -2.08. The fraction of sp³-hybridized carbons (Fsp3) is 0.714. The lowest BCUT2D eigenvalue weighted by Gasteiger charge is -2.01. The number of aromatic amines is 1. The number of halogens is 2. The van der Waals surface area contributed by atoms with Gasteiger partial charge in [-0.3, -0.25) is 0 Å². The van der Waals surface area contributed by atoms with Crippen molar-refractivity contribution in [3.63, 3.8) is 0 Å². The summed E-state index contributed by atoms with van der Waals surface area (Å²) < 4.78 is 29.9. The lowest BCUT2D eigenvalue weighted by atomic mass is 10.4. The highest BCUT2D eigenvalue weighted by molar-refractivity contribution is 5.17. The molecule has 0 bridgehead atoms. The number of rotatable bonds is 3. The van der Waals surface area contributed by atoms with Gasteiger partial charge >= 0.3 is 0 Å². The second kappa shape index (κ2) is 2.65. The predicted molar refractivity (Wildman–Crippen MR) is 39.7 cm³/mol. The van der Waals surface area contributed by atoms with Crippen LogP contribution in [-0.2, 0) is 6.42 Å². The Balaban J connectivity index is 2.03. The highest BCUT2D eigenvalue weighted by Crippen LogP contribution is 2.44. The monoisotopic (exact) mass is 189 g/mol. The van der Waals surface area contributed by atoms with Crippen LogP contribution in [0.5, 0.6) is 5.88 Å². The van der Waals surface area contributed by atoms with Crippen molar-refractivity contribution in [1.29, 1.82) is 0 Å². The molecular weight excluding hydrogens is 180 g/mol. The van der Waals surface area contributed by atoms with Crippen LogP contribution in [-0.4, -0.2) is 27.4 Å². The summed E-state index contributed by atoms with van der Waals surface area (Å²) >= 11 is 0. The van der Waals surface area contributed by atoms with Crippen LogP contribution >= 0.6 is 0 Å². The van der Waals surface area contributed by atoms with Gasteiger partial charge in [0.05, 0.1) is 6.42 Å². The van der Waals surface area contributed by atoms with Crippen molar-refractivity contribution < 1.29 is 13.5 Å². The molecule has 1 N–H and O–H groups in total. The van der Waals surface area contributed by atoms with E-state index in [1.54, 1.807) is 0 Å². The number of alkyl halides is 2. The molecule has 1 atom stereocenters. The number of hydrogen-bond acceptors (Lipinski definition) is 3. The van der Waals surface area contributed by atoms with Gasteiger partial charge in [-0.25, -0.2) is 13.9 Å². The van der Waals surface area contributed by atoms with E-state index in [0.29, 0.717) is 12.1 Å². The van der Waals surface area contributed by atoms with E-state index in [1.807, 2.05) is 6.92 Å². The number of aromatic nitrogens is 3. The quantitative estimate of drug-likeness (QED) is 0.776. The highest BCUT2D eigenvalue weighted by atomic mass is 19.3. The summed E-state index contributed by atoms with van der Waals surface area (Å²) in [5.74, 6) is -2.40. The van der Waals surface area contributed by atoms with Gasteiger partial charge in [-0.1, -0.05) is 12.1 Å². The van der Waals surface area contributed by atoms with Crippen molar-refractivity contribution >= 4 is 0 Å². The number of ether oxygens (including phenoxy) is 1. The minimum atomic E-state index is -2.67. The van der Waals surface area contributed by atoms with Crippen molar-refractivity contribution in [3.8, 4) is 5.88 Å². The van der Waals surface area contributed by atoms with Gasteiger partial charge in [-0.2, -0.15) is 0 Å². The molecule has 1 saturated carbocycles. The Morgan fingerprint density at radius 3 is 2.92 bits per heavy atom. The van der Waals surface area contributed by atoms with Gasteiger partial charge in [0, 0.05) is 0 Å². The second-order valence-electron chi connectivity index (χ2n) is 3.01. The highest BCUT2D eigenvalue weighted by Gasteiger charge is 2.60. The first-order chi connectivity index (χ1) is 6.13. The van der Waals surface area contributed by atoms with E-state index in [4.69, 9.17) is 4.74 Å². The predicted octanol–water partition coefficient (Wildman–Crippen LogP) is 1.15. The van der Waals surface area contributed by atoms with Crippen LogP contribution in [0.3, 0.4) is 0 Å². The van der Waals surface area contributed by atoms with Crippen LogP contribution in [0.2, 0.25) is 0 Å². The standard InChI is InChI=1S/C7H9F2N3O/c1-2-4-6(11-12-10-4)13-5-3-7(5,8)9/h5H,2-3H2,1H3,(H,10,11,12). The Hall–Kier alpha value is -1.20. The largest absolute Gasteiger partial charge is 0.467 e. The SMILES string of the molecule is CCc1nn[nH]c1OC1CC1(F)F. The lowest BCUT2D eigenvalue weighted by molar-refractivity contribution is 0.0645. The van der Waals surface area contributed by atoms with Crippen LogP contribution < -0.4 is 4.74 Å². The number of nitrogens with one attached hydrogen (secondary N) is 1. The molecule has 0 aliphatic heterocycles. The first-order valence-corrected chi connectivity index (χ1v) is 4.08. The third-order valence-electron chi connectivity index (χ3n) is 1.95. The summed E-state index contributed by atoms with van der Waals surface area (Å²) in [4.78, 5) is 0. The average molecular weight is 189 g/mol. The van der Waals surface area contributed by atoms with Crippen molar-refractivity contribution in [2.45, 2.75) is 31.8 Å².